The predicted octanol–water partition coefficient (Wildman–Crippen LogP) is 2.72. The largest absolute Gasteiger partial charge is 0.337 e. The Morgan fingerprint density at radius 3 is 2.46 bits per heavy atom. The Kier molecular flexibility index (Phi) is 3.67. The van der Waals surface area contributed by atoms with Crippen LogP contribution in [0.15, 0.2) is 28.8 Å². The molecule has 0 bridgehead atoms. The van der Waals surface area contributed by atoms with Gasteiger partial charge >= 0.3 is 0 Å². The van der Waals surface area contributed by atoms with Crippen LogP contribution in [0.1, 0.15) is 37.1 Å². The maximum absolute atomic E-state index is 12.5. The molecule has 6 nitrogen and oxygen atoms in total. The third kappa shape index (κ3) is 2.42. The van der Waals surface area contributed by atoms with Gasteiger partial charge in [0, 0.05) is 5.56 Å². The molecule has 1 aromatic carbocycles. The van der Waals surface area contributed by atoms with Crippen LogP contribution >= 0.6 is 0 Å². The van der Waals surface area contributed by atoms with E-state index in [1.807, 2.05) is 31.2 Å². The van der Waals surface area contributed by atoms with Crippen molar-refractivity contribution in [2.75, 3.05) is 0 Å². The average molecular weight is 325 g/mol. The normalized spacial score (nSPS) is 23.6. The summed E-state index contributed by atoms with van der Waals surface area (Å²) < 4.78 is 5.28. The van der Waals surface area contributed by atoms with E-state index in [0.717, 1.165) is 36.8 Å². The molecule has 4 rings (SSSR count). The van der Waals surface area contributed by atoms with Gasteiger partial charge in [-0.15, -0.1) is 0 Å². The van der Waals surface area contributed by atoms with Crippen LogP contribution < -0.4 is 0 Å². The van der Waals surface area contributed by atoms with E-state index in [9.17, 15) is 9.59 Å². The molecule has 1 saturated heterocycles. The molecule has 2 amide bonds. The number of aryl methyl sites for hydroxylation is 1. The minimum absolute atomic E-state index is 0.0730. The molecule has 2 fully saturated rings. The topological polar surface area (TPSA) is 76.3 Å². The Balaban J connectivity index is 1.55. The van der Waals surface area contributed by atoms with Crippen molar-refractivity contribution in [1.29, 1.82) is 0 Å². The Bertz CT molecular complexity index is 774. The van der Waals surface area contributed by atoms with E-state index in [4.69, 9.17) is 4.52 Å². The number of benzene rings is 1. The minimum atomic E-state index is -0.148. The lowest BCUT2D eigenvalue weighted by atomic mass is 9.81. The first-order valence-electron chi connectivity index (χ1n) is 8.39. The zero-order valence-electron chi connectivity index (χ0n) is 13.6. The second-order valence-electron chi connectivity index (χ2n) is 6.59. The fraction of sp³-hybridized carbons (Fsp3) is 0.444. The standard InChI is InChI=1S/C18H19N3O3/c1-11-6-2-3-7-12(11)16-19-15(24-20-16)10-21-17(22)13-8-4-5-9-14(13)18(21)23/h2-3,6-7,13-14H,4-5,8-10H2,1H3/t13-,14-/m0/s1. The van der Waals surface area contributed by atoms with Crippen molar-refractivity contribution < 1.29 is 14.1 Å². The molecule has 2 atom stereocenters. The van der Waals surface area contributed by atoms with Gasteiger partial charge in [-0.2, -0.15) is 4.98 Å². The lowest BCUT2D eigenvalue weighted by Gasteiger charge is -2.19. The third-order valence-electron chi connectivity index (χ3n) is 5.08. The fourth-order valence-electron chi connectivity index (χ4n) is 3.77. The molecule has 1 saturated carbocycles. The van der Waals surface area contributed by atoms with Gasteiger partial charge in [0.1, 0.15) is 6.54 Å². The van der Waals surface area contributed by atoms with Crippen LogP contribution in [0.4, 0.5) is 0 Å². The van der Waals surface area contributed by atoms with Crippen LogP contribution in [0.5, 0.6) is 0 Å². The van der Waals surface area contributed by atoms with Crippen molar-refractivity contribution >= 4 is 11.8 Å². The first-order chi connectivity index (χ1) is 11.6. The van der Waals surface area contributed by atoms with Crippen LogP contribution in [0.25, 0.3) is 11.4 Å². The van der Waals surface area contributed by atoms with Gasteiger partial charge in [-0.25, -0.2) is 0 Å². The van der Waals surface area contributed by atoms with Crippen LogP contribution in [-0.4, -0.2) is 26.9 Å². The summed E-state index contributed by atoms with van der Waals surface area (Å²) in [6, 6.07) is 7.76. The highest BCUT2D eigenvalue weighted by atomic mass is 16.5. The molecule has 24 heavy (non-hydrogen) atoms. The number of carbonyl (C=O) groups is 2. The van der Waals surface area contributed by atoms with Gasteiger partial charge in [0.25, 0.3) is 0 Å². The Labute approximate surface area is 139 Å². The molecule has 2 heterocycles. The number of amides is 2. The molecule has 0 N–H and O–H groups in total. The highest BCUT2D eigenvalue weighted by Crippen LogP contribution is 2.38. The smallest absolute Gasteiger partial charge is 0.247 e. The molecule has 2 aromatic rings. The van der Waals surface area contributed by atoms with Crippen LogP contribution in [0.2, 0.25) is 0 Å². The second-order valence-corrected chi connectivity index (χ2v) is 6.59. The number of imide groups is 1. The van der Waals surface area contributed by atoms with Gasteiger partial charge in [0.15, 0.2) is 0 Å². The summed E-state index contributed by atoms with van der Waals surface area (Å²) in [5, 5.41) is 3.99. The SMILES string of the molecule is Cc1ccccc1-c1noc(CN2C(=O)[C@H]3CCCC[C@@H]3C2=O)n1. The Morgan fingerprint density at radius 2 is 1.79 bits per heavy atom. The van der Waals surface area contributed by atoms with Crippen molar-refractivity contribution in [2.45, 2.75) is 39.2 Å². The summed E-state index contributed by atoms with van der Waals surface area (Å²) in [5.41, 5.74) is 1.93. The third-order valence-corrected chi connectivity index (χ3v) is 5.08. The summed E-state index contributed by atoms with van der Waals surface area (Å²) in [6.45, 7) is 2.05. The summed E-state index contributed by atoms with van der Waals surface area (Å²) in [7, 11) is 0. The number of fused-ring (bicyclic) bond motifs is 1. The zero-order chi connectivity index (χ0) is 16.7. The monoisotopic (exact) mass is 325 g/mol. The molecule has 0 radical (unpaired) electrons. The Morgan fingerprint density at radius 1 is 1.12 bits per heavy atom. The number of aromatic nitrogens is 2. The van der Waals surface area contributed by atoms with Gasteiger partial charge in [-0.3, -0.25) is 14.5 Å². The highest BCUT2D eigenvalue weighted by Gasteiger charge is 2.48. The molecule has 1 aromatic heterocycles. The second kappa shape index (κ2) is 5.85. The number of hydrogen-bond donors (Lipinski definition) is 0. The summed E-state index contributed by atoms with van der Waals surface area (Å²) in [5.74, 6) is 0.323. The maximum Gasteiger partial charge on any atom is 0.247 e. The van der Waals surface area contributed by atoms with Crippen molar-refractivity contribution in [3.05, 3.63) is 35.7 Å². The van der Waals surface area contributed by atoms with Gasteiger partial charge < -0.3 is 4.52 Å². The van der Waals surface area contributed by atoms with Crippen molar-refractivity contribution in [2.24, 2.45) is 11.8 Å². The molecule has 0 unspecified atom stereocenters. The van der Waals surface area contributed by atoms with Gasteiger partial charge in [-0.1, -0.05) is 42.3 Å². The van der Waals surface area contributed by atoms with E-state index < -0.39 is 0 Å². The number of likely N-dealkylation sites (tertiary alicyclic amines) is 1. The molecular formula is C18H19N3O3. The van der Waals surface area contributed by atoms with Crippen molar-refractivity contribution in [1.82, 2.24) is 15.0 Å². The summed E-state index contributed by atoms with van der Waals surface area (Å²) in [4.78, 5) is 30.7. The zero-order valence-corrected chi connectivity index (χ0v) is 13.6. The maximum atomic E-state index is 12.5. The highest BCUT2D eigenvalue weighted by molar-refractivity contribution is 6.05. The fourth-order valence-corrected chi connectivity index (χ4v) is 3.77. The molecule has 124 valence electrons. The summed E-state index contributed by atoms with van der Waals surface area (Å²) >= 11 is 0. The van der Waals surface area contributed by atoms with Gasteiger partial charge in [0.2, 0.25) is 23.5 Å². The van der Waals surface area contributed by atoms with Crippen LogP contribution in [-0.2, 0) is 16.1 Å². The molecule has 2 aliphatic rings. The molecular weight excluding hydrogens is 306 g/mol. The van der Waals surface area contributed by atoms with E-state index in [0.29, 0.717) is 11.7 Å². The lowest BCUT2D eigenvalue weighted by Crippen LogP contribution is -2.30. The minimum Gasteiger partial charge on any atom is -0.337 e. The molecule has 1 aliphatic heterocycles. The van der Waals surface area contributed by atoms with E-state index in [1.54, 1.807) is 0 Å². The quantitative estimate of drug-likeness (QED) is 0.811. The van der Waals surface area contributed by atoms with Gasteiger partial charge in [-0.05, 0) is 25.3 Å². The van der Waals surface area contributed by atoms with E-state index >= 15 is 0 Å². The molecule has 0 spiro atoms. The van der Waals surface area contributed by atoms with E-state index in [-0.39, 0.29) is 30.2 Å². The number of rotatable bonds is 3. The number of carbonyl (C=O) groups excluding carboxylic acids is 2. The van der Waals surface area contributed by atoms with Crippen molar-refractivity contribution in [3.63, 3.8) is 0 Å². The van der Waals surface area contributed by atoms with E-state index in [1.165, 1.54) is 4.90 Å². The average Bonchev–Trinajstić information content (AvgIpc) is 3.15. The summed E-state index contributed by atoms with van der Waals surface area (Å²) in [6.07, 6.45) is 3.66. The van der Waals surface area contributed by atoms with Crippen LogP contribution in [0.3, 0.4) is 0 Å². The Hall–Kier alpha value is -2.50. The van der Waals surface area contributed by atoms with Crippen molar-refractivity contribution in [3.8, 4) is 11.4 Å². The van der Waals surface area contributed by atoms with Gasteiger partial charge in [0.05, 0.1) is 11.8 Å². The van der Waals surface area contributed by atoms with Crippen LogP contribution in [0, 0.1) is 18.8 Å². The van der Waals surface area contributed by atoms with E-state index in [2.05, 4.69) is 10.1 Å². The first-order valence-corrected chi connectivity index (χ1v) is 8.39. The molecule has 6 heteroatoms. The number of nitrogens with zero attached hydrogens (tertiary/aromatic N) is 3. The first kappa shape index (κ1) is 15.1. The lowest BCUT2D eigenvalue weighted by molar-refractivity contribution is -0.141. The predicted molar refractivity (Wildman–Crippen MR) is 85.5 cm³/mol. The number of hydrogen-bond acceptors (Lipinski definition) is 5. The molecule has 1 aliphatic carbocycles.